The molecule has 0 aliphatic carbocycles. The molecule has 0 spiro atoms. The Morgan fingerprint density at radius 1 is 1.30 bits per heavy atom. The maximum Gasteiger partial charge on any atom is 0.0666 e. The lowest BCUT2D eigenvalue weighted by Crippen LogP contribution is -2.31. The Morgan fingerprint density at radius 2 is 2.20 bits per heavy atom. The molecule has 1 atom stereocenters. The standard InChI is InChI=1S/C16H22N4/c1-13(2)19-10-7-15(12-19)18-14-5-3-6-16(11-14)20-9-4-8-17-20/h3-6,8-9,11,13,15,18H,7,10,12H2,1-2H3. The van der Waals surface area contributed by atoms with Crippen LogP contribution in [0.5, 0.6) is 0 Å². The van der Waals surface area contributed by atoms with Crippen molar-refractivity contribution in [2.75, 3.05) is 18.4 Å². The van der Waals surface area contributed by atoms with Crippen LogP contribution < -0.4 is 5.32 Å². The molecule has 3 rings (SSSR count). The summed E-state index contributed by atoms with van der Waals surface area (Å²) in [5.74, 6) is 0. The third-order valence-corrected chi connectivity index (χ3v) is 3.94. The monoisotopic (exact) mass is 270 g/mol. The van der Waals surface area contributed by atoms with Gasteiger partial charge in [0, 0.05) is 43.3 Å². The number of likely N-dealkylation sites (tertiary alicyclic amines) is 1. The molecule has 2 heterocycles. The van der Waals surface area contributed by atoms with Crippen LogP contribution in [-0.4, -0.2) is 39.9 Å². The molecule has 2 aromatic rings. The summed E-state index contributed by atoms with van der Waals surface area (Å²) >= 11 is 0. The topological polar surface area (TPSA) is 33.1 Å². The number of hydrogen-bond acceptors (Lipinski definition) is 3. The molecule has 0 saturated carbocycles. The molecule has 0 amide bonds. The van der Waals surface area contributed by atoms with E-state index in [4.69, 9.17) is 0 Å². The molecule has 1 saturated heterocycles. The van der Waals surface area contributed by atoms with Gasteiger partial charge in [0.2, 0.25) is 0 Å². The number of rotatable bonds is 4. The zero-order chi connectivity index (χ0) is 13.9. The second-order valence-electron chi connectivity index (χ2n) is 5.72. The quantitative estimate of drug-likeness (QED) is 0.927. The smallest absolute Gasteiger partial charge is 0.0666 e. The van der Waals surface area contributed by atoms with Gasteiger partial charge in [-0.3, -0.25) is 4.90 Å². The van der Waals surface area contributed by atoms with Crippen LogP contribution in [0.3, 0.4) is 0 Å². The second-order valence-corrected chi connectivity index (χ2v) is 5.72. The molecule has 1 aromatic carbocycles. The largest absolute Gasteiger partial charge is 0.381 e. The van der Waals surface area contributed by atoms with Crippen LogP contribution in [0, 0.1) is 0 Å². The van der Waals surface area contributed by atoms with Gasteiger partial charge in [-0.15, -0.1) is 0 Å². The minimum atomic E-state index is 0.547. The molecule has 1 N–H and O–H groups in total. The first-order chi connectivity index (χ1) is 9.72. The van der Waals surface area contributed by atoms with E-state index in [1.165, 1.54) is 18.7 Å². The van der Waals surface area contributed by atoms with Crippen LogP contribution in [0.2, 0.25) is 0 Å². The maximum atomic E-state index is 4.28. The van der Waals surface area contributed by atoms with Gasteiger partial charge in [-0.2, -0.15) is 5.10 Å². The van der Waals surface area contributed by atoms with E-state index in [0.29, 0.717) is 12.1 Å². The van der Waals surface area contributed by atoms with Crippen molar-refractivity contribution < 1.29 is 0 Å². The lowest BCUT2D eigenvalue weighted by Gasteiger charge is -2.21. The maximum absolute atomic E-state index is 4.28. The molecule has 1 aliphatic heterocycles. The summed E-state index contributed by atoms with van der Waals surface area (Å²) < 4.78 is 1.89. The zero-order valence-electron chi connectivity index (χ0n) is 12.2. The molecule has 1 aromatic heterocycles. The average molecular weight is 270 g/mol. The first-order valence-corrected chi connectivity index (χ1v) is 7.33. The predicted molar refractivity (Wildman–Crippen MR) is 82.3 cm³/mol. The molecule has 4 heteroatoms. The van der Waals surface area contributed by atoms with Crippen molar-refractivity contribution in [2.45, 2.75) is 32.4 Å². The Kier molecular flexibility index (Phi) is 3.74. The summed E-state index contributed by atoms with van der Waals surface area (Å²) in [5.41, 5.74) is 2.27. The van der Waals surface area contributed by atoms with Crippen molar-refractivity contribution in [3.63, 3.8) is 0 Å². The third kappa shape index (κ3) is 2.85. The number of nitrogens with zero attached hydrogens (tertiary/aromatic N) is 3. The van der Waals surface area contributed by atoms with E-state index in [-0.39, 0.29) is 0 Å². The highest BCUT2D eigenvalue weighted by molar-refractivity contribution is 5.51. The van der Waals surface area contributed by atoms with Gasteiger partial charge in [-0.05, 0) is 44.5 Å². The van der Waals surface area contributed by atoms with Crippen molar-refractivity contribution in [1.82, 2.24) is 14.7 Å². The van der Waals surface area contributed by atoms with Crippen molar-refractivity contribution in [3.8, 4) is 5.69 Å². The van der Waals surface area contributed by atoms with Crippen LogP contribution in [0.1, 0.15) is 20.3 Å². The molecule has 1 unspecified atom stereocenters. The molecule has 20 heavy (non-hydrogen) atoms. The highest BCUT2D eigenvalue weighted by atomic mass is 15.3. The molecule has 106 valence electrons. The fourth-order valence-corrected chi connectivity index (χ4v) is 2.77. The summed E-state index contributed by atoms with van der Waals surface area (Å²) in [6.07, 6.45) is 4.98. The van der Waals surface area contributed by atoms with Crippen LogP contribution >= 0.6 is 0 Å². The van der Waals surface area contributed by atoms with E-state index in [9.17, 15) is 0 Å². The Labute approximate surface area is 120 Å². The number of aromatic nitrogens is 2. The van der Waals surface area contributed by atoms with Crippen molar-refractivity contribution in [2.24, 2.45) is 0 Å². The van der Waals surface area contributed by atoms with Gasteiger partial charge in [0.1, 0.15) is 0 Å². The molecule has 1 fully saturated rings. The number of benzene rings is 1. The summed E-state index contributed by atoms with van der Waals surface area (Å²) in [5, 5.41) is 7.92. The molecular weight excluding hydrogens is 248 g/mol. The highest BCUT2D eigenvalue weighted by Gasteiger charge is 2.23. The number of hydrogen-bond donors (Lipinski definition) is 1. The van der Waals surface area contributed by atoms with Gasteiger partial charge in [0.25, 0.3) is 0 Å². The van der Waals surface area contributed by atoms with E-state index in [2.05, 4.69) is 53.4 Å². The number of anilines is 1. The third-order valence-electron chi connectivity index (χ3n) is 3.94. The normalized spacial score (nSPS) is 19.6. The predicted octanol–water partition coefficient (Wildman–Crippen LogP) is 2.77. The summed E-state index contributed by atoms with van der Waals surface area (Å²) in [4.78, 5) is 2.52. The Bertz CT molecular complexity index is 547. The van der Waals surface area contributed by atoms with Crippen LogP contribution in [0.4, 0.5) is 5.69 Å². The first-order valence-electron chi connectivity index (χ1n) is 7.33. The van der Waals surface area contributed by atoms with E-state index >= 15 is 0 Å². The van der Waals surface area contributed by atoms with Gasteiger partial charge >= 0.3 is 0 Å². The van der Waals surface area contributed by atoms with E-state index < -0.39 is 0 Å². The summed E-state index contributed by atoms with van der Waals surface area (Å²) in [6.45, 7) is 6.85. The van der Waals surface area contributed by atoms with Gasteiger partial charge in [0.15, 0.2) is 0 Å². The fourth-order valence-electron chi connectivity index (χ4n) is 2.77. The van der Waals surface area contributed by atoms with Gasteiger partial charge in [0.05, 0.1) is 5.69 Å². The fraction of sp³-hybridized carbons (Fsp3) is 0.438. The number of nitrogens with one attached hydrogen (secondary N) is 1. The molecular formula is C16H22N4. The molecule has 4 nitrogen and oxygen atoms in total. The minimum Gasteiger partial charge on any atom is -0.381 e. The minimum absolute atomic E-state index is 0.547. The lowest BCUT2D eigenvalue weighted by atomic mass is 10.2. The van der Waals surface area contributed by atoms with Crippen molar-refractivity contribution in [1.29, 1.82) is 0 Å². The van der Waals surface area contributed by atoms with E-state index in [1.54, 1.807) is 6.20 Å². The first kappa shape index (κ1) is 13.2. The Balaban J connectivity index is 1.68. The van der Waals surface area contributed by atoms with E-state index in [0.717, 1.165) is 12.2 Å². The highest BCUT2D eigenvalue weighted by Crippen LogP contribution is 2.19. The SMILES string of the molecule is CC(C)N1CCC(Nc2cccc(-n3cccn3)c2)C1. The second kappa shape index (κ2) is 5.67. The van der Waals surface area contributed by atoms with Gasteiger partial charge in [-0.25, -0.2) is 4.68 Å². The van der Waals surface area contributed by atoms with Crippen LogP contribution in [-0.2, 0) is 0 Å². The van der Waals surface area contributed by atoms with Crippen LogP contribution in [0.15, 0.2) is 42.7 Å². The zero-order valence-corrected chi connectivity index (χ0v) is 12.2. The van der Waals surface area contributed by atoms with Crippen molar-refractivity contribution >= 4 is 5.69 Å². The van der Waals surface area contributed by atoms with Gasteiger partial charge < -0.3 is 5.32 Å². The Morgan fingerprint density at radius 3 is 2.90 bits per heavy atom. The lowest BCUT2D eigenvalue weighted by molar-refractivity contribution is 0.274. The van der Waals surface area contributed by atoms with E-state index in [1.807, 2.05) is 16.9 Å². The van der Waals surface area contributed by atoms with Crippen molar-refractivity contribution in [3.05, 3.63) is 42.7 Å². The average Bonchev–Trinajstić information content (AvgIpc) is 3.10. The van der Waals surface area contributed by atoms with Gasteiger partial charge in [-0.1, -0.05) is 6.07 Å². The molecule has 1 aliphatic rings. The molecule has 0 bridgehead atoms. The summed E-state index contributed by atoms with van der Waals surface area (Å²) in [7, 11) is 0. The Hall–Kier alpha value is -1.81. The summed E-state index contributed by atoms with van der Waals surface area (Å²) in [6, 6.07) is 11.6. The van der Waals surface area contributed by atoms with Crippen LogP contribution in [0.25, 0.3) is 5.69 Å². The molecule has 0 radical (unpaired) electrons.